The number of carbonyl (C=O) groups is 4. The lowest BCUT2D eigenvalue weighted by molar-refractivity contribution is -0.127. The average molecular weight is 448 g/mol. The third kappa shape index (κ3) is 7.07. The number of fused-ring (bicyclic) bond motifs is 2. The van der Waals surface area contributed by atoms with Crippen molar-refractivity contribution in [2.24, 2.45) is 29.6 Å². The number of nitrogens with one attached hydrogen (secondary N) is 3. The van der Waals surface area contributed by atoms with Crippen LogP contribution in [-0.2, 0) is 19.1 Å². The van der Waals surface area contributed by atoms with Gasteiger partial charge in [-0.1, -0.05) is 26.0 Å². The number of aldehydes is 1. The average Bonchev–Trinajstić information content (AvgIpc) is 3.15. The van der Waals surface area contributed by atoms with Crippen LogP contribution in [0, 0.1) is 29.6 Å². The Labute approximate surface area is 190 Å². The van der Waals surface area contributed by atoms with Crippen molar-refractivity contribution < 1.29 is 23.9 Å². The van der Waals surface area contributed by atoms with Gasteiger partial charge in [-0.25, -0.2) is 4.79 Å². The molecule has 2 aliphatic carbocycles. The van der Waals surface area contributed by atoms with Crippen LogP contribution in [-0.4, -0.2) is 49.4 Å². The van der Waals surface area contributed by atoms with Crippen molar-refractivity contribution in [3.8, 4) is 0 Å². The van der Waals surface area contributed by atoms with Crippen molar-refractivity contribution in [1.82, 2.24) is 16.0 Å². The zero-order valence-corrected chi connectivity index (χ0v) is 19.2. The molecule has 1 aliphatic heterocycles. The third-order valence-corrected chi connectivity index (χ3v) is 6.78. The zero-order valence-electron chi connectivity index (χ0n) is 19.2. The second kappa shape index (κ2) is 11.5. The summed E-state index contributed by atoms with van der Waals surface area (Å²) in [6, 6.07) is -1.56. The first-order valence-electron chi connectivity index (χ1n) is 12.0. The molecule has 1 heterocycles. The van der Waals surface area contributed by atoms with Gasteiger partial charge in [-0.2, -0.15) is 0 Å². The zero-order chi connectivity index (χ0) is 23.1. The van der Waals surface area contributed by atoms with Crippen molar-refractivity contribution in [2.45, 2.75) is 70.9 Å². The maximum atomic E-state index is 12.8. The topological polar surface area (TPSA) is 114 Å². The smallest absolute Gasteiger partial charge is 0.407 e. The number of hydrogen-bond acceptors (Lipinski definition) is 5. The van der Waals surface area contributed by atoms with E-state index in [-0.39, 0.29) is 24.2 Å². The summed E-state index contributed by atoms with van der Waals surface area (Å²) >= 11 is 0. The highest BCUT2D eigenvalue weighted by Crippen LogP contribution is 2.39. The quantitative estimate of drug-likeness (QED) is 0.351. The number of ether oxygens (including phenoxy) is 1. The summed E-state index contributed by atoms with van der Waals surface area (Å²) in [5.74, 6) is 0.974. The SMILES string of the molecule is CC(C)C[C@H](NC(=O)OCC1CC2C=CCC(C2)C1)C(=O)N[C@H](C=O)C[C@H]1CCNC1=O. The minimum Gasteiger partial charge on any atom is -0.449 e. The highest BCUT2D eigenvalue weighted by molar-refractivity contribution is 5.88. The van der Waals surface area contributed by atoms with Gasteiger partial charge in [0, 0.05) is 12.5 Å². The Balaban J connectivity index is 1.48. The molecule has 1 saturated carbocycles. The van der Waals surface area contributed by atoms with E-state index in [2.05, 4.69) is 28.1 Å². The molecular weight excluding hydrogens is 410 g/mol. The molecule has 178 valence electrons. The van der Waals surface area contributed by atoms with Gasteiger partial charge in [-0.05, 0) is 68.6 Å². The summed E-state index contributed by atoms with van der Waals surface area (Å²) < 4.78 is 5.49. The largest absolute Gasteiger partial charge is 0.449 e. The van der Waals surface area contributed by atoms with E-state index in [1.54, 1.807) is 0 Å². The van der Waals surface area contributed by atoms with Crippen LogP contribution in [0.25, 0.3) is 0 Å². The fraction of sp³-hybridized carbons (Fsp3) is 0.750. The second-order valence-electron chi connectivity index (χ2n) is 10.1. The van der Waals surface area contributed by atoms with Crippen LogP contribution in [0.3, 0.4) is 0 Å². The van der Waals surface area contributed by atoms with E-state index in [0.717, 1.165) is 19.3 Å². The standard InChI is InChI=1S/C24H37N3O5/c1-15(2)8-21(23(30)26-20(13-28)12-19-6-7-25-22(19)29)27-24(31)32-14-18-10-16-4-3-5-17(9-16)11-18/h3-4,13,15-21H,5-12,14H2,1-2H3,(H,25,29)(H,26,30)(H,27,31)/t16?,17?,18?,19-,20+,21+/m1/s1. The van der Waals surface area contributed by atoms with E-state index in [0.29, 0.717) is 50.0 Å². The molecule has 32 heavy (non-hydrogen) atoms. The van der Waals surface area contributed by atoms with Crippen LogP contribution in [0.15, 0.2) is 12.2 Å². The van der Waals surface area contributed by atoms with Crippen LogP contribution >= 0.6 is 0 Å². The van der Waals surface area contributed by atoms with E-state index in [1.165, 1.54) is 6.42 Å². The molecular formula is C24H37N3O5. The molecule has 0 spiro atoms. The Bertz CT molecular complexity index is 722. The van der Waals surface area contributed by atoms with Gasteiger partial charge in [0.1, 0.15) is 12.3 Å². The Morgan fingerprint density at radius 1 is 1.25 bits per heavy atom. The summed E-state index contributed by atoms with van der Waals surface area (Å²) in [5, 5.41) is 8.12. The van der Waals surface area contributed by atoms with Crippen molar-refractivity contribution >= 4 is 24.2 Å². The Morgan fingerprint density at radius 2 is 2.06 bits per heavy atom. The first-order valence-corrected chi connectivity index (χ1v) is 12.0. The van der Waals surface area contributed by atoms with Gasteiger partial charge in [-0.15, -0.1) is 0 Å². The number of hydrogen-bond donors (Lipinski definition) is 3. The van der Waals surface area contributed by atoms with Gasteiger partial charge in [-0.3, -0.25) is 9.59 Å². The lowest BCUT2D eigenvalue weighted by Gasteiger charge is -2.35. The Hall–Kier alpha value is -2.38. The molecule has 0 aromatic heterocycles. The minimum atomic E-state index is -0.795. The van der Waals surface area contributed by atoms with Crippen molar-refractivity contribution in [1.29, 1.82) is 0 Å². The van der Waals surface area contributed by atoms with Gasteiger partial charge in [0.15, 0.2) is 0 Å². The first kappa shape index (κ1) is 24.3. The molecule has 3 unspecified atom stereocenters. The predicted octanol–water partition coefficient (Wildman–Crippen LogP) is 2.33. The number of carbonyl (C=O) groups excluding carboxylic acids is 4. The van der Waals surface area contributed by atoms with E-state index in [9.17, 15) is 19.2 Å². The number of allylic oxidation sites excluding steroid dienone is 2. The Kier molecular flexibility index (Phi) is 8.70. The molecule has 3 amide bonds. The molecule has 3 aliphatic rings. The predicted molar refractivity (Wildman–Crippen MR) is 120 cm³/mol. The molecule has 3 N–H and O–H groups in total. The second-order valence-corrected chi connectivity index (χ2v) is 10.1. The Morgan fingerprint density at radius 3 is 2.72 bits per heavy atom. The van der Waals surface area contributed by atoms with Crippen molar-refractivity contribution in [3.63, 3.8) is 0 Å². The van der Waals surface area contributed by atoms with Gasteiger partial charge in [0.05, 0.1) is 12.6 Å². The van der Waals surface area contributed by atoms with Gasteiger partial charge in [0.25, 0.3) is 0 Å². The highest BCUT2D eigenvalue weighted by atomic mass is 16.5. The molecule has 8 nitrogen and oxygen atoms in total. The lowest BCUT2D eigenvalue weighted by atomic mass is 9.71. The normalized spacial score (nSPS) is 28.5. The van der Waals surface area contributed by atoms with Crippen molar-refractivity contribution in [2.75, 3.05) is 13.2 Å². The first-order chi connectivity index (χ1) is 15.3. The highest BCUT2D eigenvalue weighted by Gasteiger charge is 2.32. The fourth-order valence-corrected chi connectivity index (χ4v) is 5.25. The molecule has 2 bridgehead atoms. The van der Waals surface area contributed by atoms with E-state index in [4.69, 9.17) is 4.74 Å². The monoisotopic (exact) mass is 447 g/mol. The molecule has 3 rings (SSSR count). The van der Waals surface area contributed by atoms with Gasteiger partial charge in [0.2, 0.25) is 11.8 Å². The van der Waals surface area contributed by atoms with Crippen LogP contribution in [0.4, 0.5) is 4.79 Å². The maximum absolute atomic E-state index is 12.8. The molecule has 1 saturated heterocycles. The van der Waals surface area contributed by atoms with Crippen LogP contribution < -0.4 is 16.0 Å². The number of rotatable bonds is 10. The molecule has 2 fully saturated rings. The molecule has 0 aromatic rings. The maximum Gasteiger partial charge on any atom is 0.407 e. The summed E-state index contributed by atoms with van der Waals surface area (Å²) in [7, 11) is 0. The molecule has 8 heteroatoms. The summed E-state index contributed by atoms with van der Waals surface area (Å²) in [5.41, 5.74) is 0. The molecule has 0 radical (unpaired) electrons. The van der Waals surface area contributed by atoms with E-state index in [1.807, 2.05) is 13.8 Å². The minimum absolute atomic E-state index is 0.0890. The van der Waals surface area contributed by atoms with Crippen LogP contribution in [0.5, 0.6) is 0 Å². The van der Waals surface area contributed by atoms with Crippen molar-refractivity contribution in [3.05, 3.63) is 12.2 Å². The summed E-state index contributed by atoms with van der Waals surface area (Å²) in [4.78, 5) is 48.6. The number of alkyl carbamates (subject to hydrolysis) is 1. The number of amides is 3. The lowest BCUT2D eigenvalue weighted by Crippen LogP contribution is -2.51. The van der Waals surface area contributed by atoms with Gasteiger partial charge < -0.3 is 25.5 Å². The summed E-state index contributed by atoms with van der Waals surface area (Å²) in [6.07, 6.45) is 10.4. The molecule has 0 aromatic carbocycles. The molecule has 6 atom stereocenters. The van der Waals surface area contributed by atoms with Crippen LogP contribution in [0.2, 0.25) is 0 Å². The van der Waals surface area contributed by atoms with E-state index >= 15 is 0 Å². The summed E-state index contributed by atoms with van der Waals surface area (Å²) in [6.45, 7) is 4.87. The van der Waals surface area contributed by atoms with E-state index < -0.39 is 24.1 Å². The fourth-order valence-electron chi connectivity index (χ4n) is 5.25. The third-order valence-electron chi connectivity index (χ3n) is 6.78. The van der Waals surface area contributed by atoms with Gasteiger partial charge >= 0.3 is 6.09 Å². The van der Waals surface area contributed by atoms with Crippen LogP contribution in [0.1, 0.15) is 58.8 Å².